The standard InChI is InChI=1S/C16H17ClF3N5O/c1-26-13-3-4-21-15(23-13)25-6-2-5-24(7-8-25)14-12(17)9-11(10-22-14)16(18,19)20/h3-4,9-10H,2,5-8H2,1H3. The second-order valence-electron chi connectivity index (χ2n) is 5.75. The van der Waals surface area contributed by atoms with Gasteiger partial charge >= 0.3 is 6.18 Å². The third-order valence-corrected chi connectivity index (χ3v) is 4.33. The van der Waals surface area contributed by atoms with E-state index in [1.165, 1.54) is 7.11 Å². The molecule has 0 unspecified atom stereocenters. The van der Waals surface area contributed by atoms with E-state index in [0.29, 0.717) is 43.8 Å². The first-order valence-electron chi connectivity index (χ1n) is 7.98. The maximum Gasteiger partial charge on any atom is 0.417 e. The molecule has 0 atom stereocenters. The van der Waals surface area contributed by atoms with Gasteiger partial charge in [0.25, 0.3) is 0 Å². The fourth-order valence-electron chi connectivity index (χ4n) is 2.75. The summed E-state index contributed by atoms with van der Waals surface area (Å²) in [4.78, 5) is 16.4. The lowest BCUT2D eigenvalue weighted by Crippen LogP contribution is -2.32. The molecule has 3 rings (SSSR count). The zero-order chi connectivity index (χ0) is 18.7. The zero-order valence-corrected chi connectivity index (χ0v) is 14.8. The van der Waals surface area contributed by atoms with Crippen LogP contribution >= 0.6 is 11.6 Å². The van der Waals surface area contributed by atoms with Crippen LogP contribution in [-0.2, 0) is 6.18 Å². The number of ether oxygens (including phenoxy) is 1. The van der Waals surface area contributed by atoms with Gasteiger partial charge in [0.15, 0.2) is 0 Å². The maximum atomic E-state index is 12.8. The Morgan fingerprint density at radius 1 is 1.12 bits per heavy atom. The van der Waals surface area contributed by atoms with E-state index in [0.717, 1.165) is 18.7 Å². The Labute approximate surface area is 153 Å². The van der Waals surface area contributed by atoms with Crippen LogP contribution in [0.5, 0.6) is 5.88 Å². The summed E-state index contributed by atoms with van der Waals surface area (Å²) in [5, 5.41) is -0.00842. The summed E-state index contributed by atoms with van der Waals surface area (Å²) in [6.07, 6.45) is -1.26. The number of methoxy groups -OCH3 is 1. The number of anilines is 2. The quantitative estimate of drug-likeness (QED) is 0.805. The largest absolute Gasteiger partial charge is 0.481 e. The minimum Gasteiger partial charge on any atom is -0.481 e. The summed E-state index contributed by atoms with van der Waals surface area (Å²) in [5.74, 6) is 1.38. The molecule has 0 bridgehead atoms. The third-order valence-electron chi connectivity index (χ3n) is 4.05. The van der Waals surface area contributed by atoms with Gasteiger partial charge in [-0.05, 0) is 12.5 Å². The van der Waals surface area contributed by atoms with Crippen LogP contribution in [0.2, 0.25) is 5.02 Å². The fraction of sp³-hybridized carbons (Fsp3) is 0.438. The first kappa shape index (κ1) is 18.5. The highest BCUT2D eigenvalue weighted by Gasteiger charge is 2.32. The summed E-state index contributed by atoms with van der Waals surface area (Å²) in [6.45, 7) is 2.46. The van der Waals surface area contributed by atoms with E-state index in [4.69, 9.17) is 16.3 Å². The van der Waals surface area contributed by atoms with Crippen LogP contribution in [0.3, 0.4) is 0 Å². The van der Waals surface area contributed by atoms with Gasteiger partial charge in [-0.15, -0.1) is 0 Å². The van der Waals surface area contributed by atoms with E-state index in [1.54, 1.807) is 12.3 Å². The summed E-state index contributed by atoms with van der Waals surface area (Å²) in [7, 11) is 1.54. The first-order valence-corrected chi connectivity index (χ1v) is 8.36. The molecule has 0 amide bonds. The van der Waals surface area contributed by atoms with Gasteiger partial charge in [-0.1, -0.05) is 11.6 Å². The van der Waals surface area contributed by atoms with Crippen LogP contribution in [-0.4, -0.2) is 48.2 Å². The molecule has 0 aromatic carbocycles. The molecule has 3 heterocycles. The molecule has 0 saturated carbocycles. The molecule has 1 saturated heterocycles. The van der Waals surface area contributed by atoms with Crippen molar-refractivity contribution in [1.82, 2.24) is 15.0 Å². The molecule has 2 aromatic rings. The lowest BCUT2D eigenvalue weighted by atomic mass is 10.2. The van der Waals surface area contributed by atoms with Crippen molar-refractivity contribution in [2.45, 2.75) is 12.6 Å². The summed E-state index contributed by atoms with van der Waals surface area (Å²) >= 11 is 6.06. The monoisotopic (exact) mass is 387 g/mol. The van der Waals surface area contributed by atoms with Crippen molar-refractivity contribution < 1.29 is 17.9 Å². The fourth-order valence-corrected chi connectivity index (χ4v) is 3.03. The van der Waals surface area contributed by atoms with E-state index >= 15 is 0 Å². The number of alkyl halides is 3. The average molecular weight is 388 g/mol. The highest BCUT2D eigenvalue weighted by molar-refractivity contribution is 6.33. The number of nitrogens with zero attached hydrogens (tertiary/aromatic N) is 5. The number of hydrogen-bond donors (Lipinski definition) is 0. The molecule has 6 nitrogen and oxygen atoms in total. The smallest absolute Gasteiger partial charge is 0.417 e. The topological polar surface area (TPSA) is 54.4 Å². The Hall–Kier alpha value is -2.29. The van der Waals surface area contributed by atoms with E-state index in [9.17, 15) is 13.2 Å². The Kier molecular flexibility index (Phi) is 5.36. The molecule has 1 fully saturated rings. The zero-order valence-electron chi connectivity index (χ0n) is 14.0. The molecular weight excluding hydrogens is 371 g/mol. The van der Waals surface area contributed by atoms with Crippen LogP contribution in [0.1, 0.15) is 12.0 Å². The molecule has 2 aromatic heterocycles. The van der Waals surface area contributed by atoms with Gasteiger partial charge in [0.05, 0.1) is 17.7 Å². The van der Waals surface area contributed by atoms with Crippen molar-refractivity contribution in [3.63, 3.8) is 0 Å². The first-order chi connectivity index (χ1) is 12.4. The minimum absolute atomic E-state index is 0.00842. The van der Waals surface area contributed by atoms with Crippen molar-refractivity contribution >= 4 is 23.4 Å². The highest BCUT2D eigenvalue weighted by atomic mass is 35.5. The molecule has 0 spiro atoms. The van der Waals surface area contributed by atoms with Gasteiger partial charge in [-0.3, -0.25) is 0 Å². The van der Waals surface area contributed by atoms with Crippen molar-refractivity contribution in [2.24, 2.45) is 0 Å². The minimum atomic E-state index is -4.46. The maximum absolute atomic E-state index is 12.8. The van der Waals surface area contributed by atoms with Crippen molar-refractivity contribution in [2.75, 3.05) is 43.1 Å². The van der Waals surface area contributed by atoms with Crippen LogP contribution in [0.25, 0.3) is 0 Å². The van der Waals surface area contributed by atoms with Crippen LogP contribution < -0.4 is 14.5 Å². The molecule has 0 N–H and O–H groups in total. The van der Waals surface area contributed by atoms with Gasteiger partial charge in [0, 0.05) is 44.6 Å². The van der Waals surface area contributed by atoms with Crippen molar-refractivity contribution in [1.29, 1.82) is 0 Å². The predicted octanol–water partition coefficient (Wildman–Crippen LogP) is 3.27. The number of aromatic nitrogens is 3. The lowest BCUT2D eigenvalue weighted by molar-refractivity contribution is -0.137. The normalized spacial score (nSPS) is 15.7. The molecule has 0 aliphatic carbocycles. The average Bonchev–Trinajstić information content (AvgIpc) is 2.87. The molecule has 26 heavy (non-hydrogen) atoms. The number of pyridine rings is 1. The SMILES string of the molecule is COc1ccnc(N2CCCN(c3ncc(C(F)(F)F)cc3Cl)CC2)n1. The van der Waals surface area contributed by atoms with E-state index in [2.05, 4.69) is 15.0 Å². The van der Waals surface area contributed by atoms with Crippen LogP contribution in [0.4, 0.5) is 24.9 Å². The summed E-state index contributed by atoms with van der Waals surface area (Å²) < 4.78 is 43.4. The molecule has 140 valence electrons. The number of rotatable bonds is 3. The van der Waals surface area contributed by atoms with Gasteiger partial charge in [-0.25, -0.2) is 9.97 Å². The predicted molar refractivity (Wildman–Crippen MR) is 91.9 cm³/mol. The second kappa shape index (κ2) is 7.53. The Bertz CT molecular complexity index is 774. The Morgan fingerprint density at radius 2 is 1.85 bits per heavy atom. The molecule has 1 aliphatic rings. The highest BCUT2D eigenvalue weighted by Crippen LogP contribution is 2.33. The molecule has 1 aliphatic heterocycles. The van der Waals surface area contributed by atoms with Crippen LogP contribution in [0, 0.1) is 0 Å². The van der Waals surface area contributed by atoms with Gasteiger partial charge in [0.1, 0.15) is 5.82 Å². The Morgan fingerprint density at radius 3 is 2.54 bits per heavy atom. The van der Waals surface area contributed by atoms with Gasteiger partial charge < -0.3 is 14.5 Å². The molecular formula is C16H17ClF3N5O. The van der Waals surface area contributed by atoms with E-state index < -0.39 is 11.7 Å². The second-order valence-corrected chi connectivity index (χ2v) is 6.16. The van der Waals surface area contributed by atoms with Crippen LogP contribution in [0.15, 0.2) is 24.5 Å². The number of hydrogen-bond acceptors (Lipinski definition) is 6. The van der Waals surface area contributed by atoms with E-state index in [-0.39, 0.29) is 5.02 Å². The lowest BCUT2D eigenvalue weighted by Gasteiger charge is -2.24. The Balaban J connectivity index is 1.74. The third kappa shape index (κ3) is 4.09. The molecule has 10 heteroatoms. The van der Waals surface area contributed by atoms with Gasteiger partial charge in [0.2, 0.25) is 11.8 Å². The summed E-state index contributed by atoms with van der Waals surface area (Å²) in [6, 6.07) is 2.58. The molecule has 0 radical (unpaired) electrons. The van der Waals surface area contributed by atoms with Gasteiger partial charge in [-0.2, -0.15) is 18.2 Å². The number of halogens is 4. The summed E-state index contributed by atoms with van der Waals surface area (Å²) in [5.41, 5.74) is -0.854. The van der Waals surface area contributed by atoms with Crippen molar-refractivity contribution in [3.8, 4) is 5.88 Å². The van der Waals surface area contributed by atoms with E-state index in [1.807, 2.05) is 9.80 Å². The van der Waals surface area contributed by atoms with Crippen molar-refractivity contribution in [3.05, 3.63) is 35.1 Å².